The van der Waals surface area contributed by atoms with E-state index in [2.05, 4.69) is 0 Å². The molecule has 0 radical (unpaired) electrons. The summed E-state index contributed by atoms with van der Waals surface area (Å²) in [6, 6.07) is 7.60. The molecule has 0 fully saturated rings. The third-order valence-corrected chi connectivity index (χ3v) is 2.55. The molecule has 78 valence electrons. The summed E-state index contributed by atoms with van der Waals surface area (Å²) >= 11 is 1.64. The van der Waals surface area contributed by atoms with Crippen LogP contribution in [0.25, 0.3) is 0 Å². The van der Waals surface area contributed by atoms with Gasteiger partial charge in [-0.15, -0.1) is 0 Å². The molecule has 14 heavy (non-hydrogen) atoms. The van der Waals surface area contributed by atoms with E-state index in [4.69, 9.17) is 4.74 Å². The van der Waals surface area contributed by atoms with Crippen molar-refractivity contribution in [1.82, 2.24) is 0 Å². The van der Waals surface area contributed by atoms with Gasteiger partial charge in [-0.1, -0.05) is 12.1 Å². The van der Waals surface area contributed by atoms with Gasteiger partial charge in [0.25, 0.3) is 0 Å². The van der Waals surface area contributed by atoms with E-state index in [1.165, 1.54) is 0 Å². The van der Waals surface area contributed by atoms with Gasteiger partial charge in [0.2, 0.25) is 0 Å². The number of thioether (sulfide) groups is 1. The van der Waals surface area contributed by atoms with Gasteiger partial charge in [0, 0.05) is 5.75 Å². The summed E-state index contributed by atoms with van der Waals surface area (Å²) in [7, 11) is 0. The molecule has 0 aromatic heterocycles. The van der Waals surface area contributed by atoms with Crippen LogP contribution >= 0.6 is 11.8 Å². The molecule has 0 amide bonds. The highest BCUT2D eigenvalue weighted by Crippen LogP contribution is 2.20. The SMILES string of the molecule is CCOc1ccc(C(O)CSC)cc1. The highest BCUT2D eigenvalue weighted by atomic mass is 32.2. The average molecular weight is 212 g/mol. The third-order valence-electron chi connectivity index (χ3n) is 1.90. The van der Waals surface area contributed by atoms with Crippen LogP contribution < -0.4 is 4.74 Å². The molecule has 0 aliphatic carbocycles. The molecule has 1 rings (SSSR count). The molecule has 1 aromatic rings. The average Bonchev–Trinajstić information content (AvgIpc) is 2.20. The Morgan fingerprint density at radius 1 is 1.36 bits per heavy atom. The van der Waals surface area contributed by atoms with Crippen LogP contribution in [-0.2, 0) is 0 Å². The molecule has 0 aliphatic rings. The van der Waals surface area contributed by atoms with Crippen molar-refractivity contribution in [3.8, 4) is 5.75 Å². The van der Waals surface area contributed by atoms with E-state index in [1.54, 1.807) is 11.8 Å². The van der Waals surface area contributed by atoms with Crippen molar-refractivity contribution < 1.29 is 9.84 Å². The first-order chi connectivity index (χ1) is 6.77. The van der Waals surface area contributed by atoms with Crippen LogP contribution in [0.2, 0.25) is 0 Å². The Kier molecular flexibility index (Phi) is 4.84. The molecule has 1 N–H and O–H groups in total. The van der Waals surface area contributed by atoms with Crippen molar-refractivity contribution in [1.29, 1.82) is 0 Å². The zero-order valence-electron chi connectivity index (χ0n) is 8.56. The quantitative estimate of drug-likeness (QED) is 0.813. The third kappa shape index (κ3) is 3.24. The lowest BCUT2D eigenvalue weighted by atomic mass is 10.1. The maximum absolute atomic E-state index is 9.68. The van der Waals surface area contributed by atoms with Crippen molar-refractivity contribution in [2.75, 3.05) is 18.6 Å². The molecule has 3 heteroatoms. The smallest absolute Gasteiger partial charge is 0.119 e. The lowest BCUT2D eigenvalue weighted by molar-refractivity contribution is 0.204. The topological polar surface area (TPSA) is 29.5 Å². The highest BCUT2D eigenvalue weighted by Gasteiger charge is 2.05. The monoisotopic (exact) mass is 212 g/mol. The molecule has 2 nitrogen and oxygen atoms in total. The van der Waals surface area contributed by atoms with Crippen molar-refractivity contribution in [2.24, 2.45) is 0 Å². The van der Waals surface area contributed by atoms with Gasteiger partial charge in [0.1, 0.15) is 5.75 Å². The zero-order chi connectivity index (χ0) is 10.4. The van der Waals surface area contributed by atoms with Gasteiger partial charge in [-0.05, 0) is 30.9 Å². The first kappa shape index (κ1) is 11.4. The Morgan fingerprint density at radius 2 is 2.00 bits per heavy atom. The maximum atomic E-state index is 9.68. The van der Waals surface area contributed by atoms with E-state index in [1.807, 2.05) is 37.4 Å². The largest absolute Gasteiger partial charge is 0.494 e. The minimum atomic E-state index is -0.374. The molecular formula is C11H16O2S. The van der Waals surface area contributed by atoms with Crippen LogP contribution in [0.15, 0.2) is 24.3 Å². The summed E-state index contributed by atoms with van der Waals surface area (Å²) in [6.45, 7) is 2.63. The summed E-state index contributed by atoms with van der Waals surface area (Å²) in [6.07, 6.45) is 1.61. The van der Waals surface area contributed by atoms with Gasteiger partial charge in [0.15, 0.2) is 0 Å². The Hall–Kier alpha value is -0.670. The van der Waals surface area contributed by atoms with Crippen molar-refractivity contribution in [2.45, 2.75) is 13.0 Å². The predicted molar refractivity (Wildman–Crippen MR) is 61.0 cm³/mol. The maximum Gasteiger partial charge on any atom is 0.119 e. The number of aliphatic hydroxyl groups is 1. The second-order valence-electron chi connectivity index (χ2n) is 2.97. The Bertz CT molecular complexity index is 258. The number of rotatable bonds is 5. The molecule has 0 saturated heterocycles. The molecule has 0 bridgehead atoms. The Morgan fingerprint density at radius 3 is 2.50 bits per heavy atom. The van der Waals surface area contributed by atoms with Crippen LogP contribution in [0.5, 0.6) is 5.75 Å². The van der Waals surface area contributed by atoms with Crippen LogP contribution in [0.3, 0.4) is 0 Å². The summed E-state index contributed by atoms with van der Waals surface area (Å²) in [5.41, 5.74) is 0.947. The zero-order valence-corrected chi connectivity index (χ0v) is 9.38. The normalized spacial score (nSPS) is 12.5. The number of ether oxygens (including phenoxy) is 1. The summed E-state index contributed by atoms with van der Waals surface area (Å²) in [5, 5.41) is 9.68. The van der Waals surface area contributed by atoms with Gasteiger partial charge >= 0.3 is 0 Å². The number of aliphatic hydroxyl groups excluding tert-OH is 1. The molecule has 0 aliphatic heterocycles. The standard InChI is InChI=1S/C11H16O2S/c1-3-13-10-6-4-9(5-7-10)11(12)8-14-2/h4-7,11-12H,3,8H2,1-2H3. The summed E-state index contributed by atoms with van der Waals surface area (Å²) in [5.74, 6) is 1.58. The van der Waals surface area contributed by atoms with E-state index in [-0.39, 0.29) is 6.10 Å². The first-order valence-corrected chi connectivity index (χ1v) is 6.07. The Balaban J connectivity index is 2.62. The van der Waals surface area contributed by atoms with E-state index in [9.17, 15) is 5.11 Å². The van der Waals surface area contributed by atoms with Crippen LogP contribution in [0.1, 0.15) is 18.6 Å². The number of hydrogen-bond donors (Lipinski definition) is 1. The predicted octanol–water partition coefficient (Wildman–Crippen LogP) is 2.48. The summed E-state index contributed by atoms with van der Waals surface area (Å²) < 4.78 is 5.31. The molecule has 0 saturated carbocycles. The fourth-order valence-electron chi connectivity index (χ4n) is 1.21. The number of hydrogen-bond acceptors (Lipinski definition) is 3. The molecule has 1 aromatic carbocycles. The number of benzene rings is 1. The van der Waals surface area contributed by atoms with Gasteiger partial charge in [-0.25, -0.2) is 0 Å². The van der Waals surface area contributed by atoms with E-state index < -0.39 is 0 Å². The fourth-order valence-corrected chi connectivity index (χ4v) is 1.72. The second kappa shape index (κ2) is 5.94. The van der Waals surface area contributed by atoms with Gasteiger partial charge in [-0.2, -0.15) is 11.8 Å². The molecule has 0 heterocycles. The first-order valence-electron chi connectivity index (χ1n) is 4.67. The molecule has 0 spiro atoms. The van der Waals surface area contributed by atoms with Gasteiger partial charge in [0.05, 0.1) is 12.7 Å². The minimum absolute atomic E-state index is 0.374. The van der Waals surface area contributed by atoms with Gasteiger partial charge < -0.3 is 9.84 Å². The van der Waals surface area contributed by atoms with Crippen LogP contribution in [0.4, 0.5) is 0 Å². The Labute approximate surface area is 89.3 Å². The minimum Gasteiger partial charge on any atom is -0.494 e. The van der Waals surface area contributed by atoms with Crippen LogP contribution in [0, 0.1) is 0 Å². The molecule has 1 atom stereocenters. The van der Waals surface area contributed by atoms with Crippen LogP contribution in [-0.4, -0.2) is 23.7 Å². The summed E-state index contributed by atoms with van der Waals surface area (Å²) in [4.78, 5) is 0. The van der Waals surface area contributed by atoms with Crippen molar-refractivity contribution >= 4 is 11.8 Å². The second-order valence-corrected chi connectivity index (χ2v) is 3.88. The van der Waals surface area contributed by atoms with E-state index in [0.717, 1.165) is 17.1 Å². The van der Waals surface area contributed by atoms with Gasteiger partial charge in [-0.3, -0.25) is 0 Å². The van der Waals surface area contributed by atoms with E-state index in [0.29, 0.717) is 6.61 Å². The highest BCUT2D eigenvalue weighted by molar-refractivity contribution is 7.98. The van der Waals surface area contributed by atoms with E-state index >= 15 is 0 Å². The lowest BCUT2D eigenvalue weighted by Crippen LogP contribution is -2.00. The fraction of sp³-hybridized carbons (Fsp3) is 0.455. The van der Waals surface area contributed by atoms with Crippen molar-refractivity contribution in [3.05, 3.63) is 29.8 Å². The lowest BCUT2D eigenvalue weighted by Gasteiger charge is -2.10. The molecule has 1 unspecified atom stereocenters. The van der Waals surface area contributed by atoms with Crippen molar-refractivity contribution in [3.63, 3.8) is 0 Å². The molecular weight excluding hydrogens is 196 g/mol.